The molecule has 0 saturated carbocycles. The second-order valence-electron chi connectivity index (χ2n) is 13.7. The molecule has 2 radical (unpaired) electrons. The molecule has 0 saturated heterocycles. The topological polar surface area (TPSA) is 59.0 Å². The first-order valence-electron chi connectivity index (χ1n) is 14.7. The lowest BCUT2D eigenvalue weighted by Gasteiger charge is -2.39. The largest absolute Gasteiger partial charge is 0.481 e. The van der Waals surface area contributed by atoms with Gasteiger partial charge in [-0.2, -0.15) is 0 Å². The third-order valence-corrected chi connectivity index (χ3v) is 8.38. The molecule has 0 spiro atoms. The van der Waals surface area contributed by atoms with Crippen LogP contribution < -0.4 is 4.90 Å². The van der Waals surface area contributed by atoms with Crippen molar-refractivity contribution >= 4 is 35.3 Å². The molecular weight excluding hydrogens is 543 g/mol. The number of hydrogen-bond donors (Lipinski definition) is 1. The summed E-state index contributed by atoms with van der Waals surface area (Å²) in [6.45, 7) is 25.2. The molecule has 0 aliphatic carbocycles. The van der Waals surface area contributed by atoms with E-state index in [1.807, 2.05) is 13.0 Å². The van der Waals surface area contributed by atoms with Crippen LogP contribution in [-0.2, 0) is 20.2 Å². The molecule has 0 heterocycles. The highest BCUT2D eigenvalue weighted by atomic mass is 28.3. The quantitative estimate of drug-likeness (QED) is 0.234. The zero-order valence-electron chi connectivity index (χ0n) is 27.5. The zero-order valence-corrected chi connectivity index (χ0v) is 29.5. The number of aliphatic carboxylic acids is 1. The van der Waals surface area contributed by atoms with Crippen molar-refractivity contribution in [2.45, 2.75) is 106 Å². The van der Waals surface area contributed by atoms with Crippen LogP contribution in [0.2, 0.25) is 26.2 Å². The second-order valence-corrected chi connectivity index (χ2v) is 17.8. The maximum absolute atomic E-state index is 10.9. The normalized spacial score (nSPS) is 14.4. The number of hydrogen-bond acceptors (Lipinski definition) is 4. The van der Waals surface area contributed by atoms with E-state index in [1.165, 1.54) is 16.7 Å². The highest BCUT2D eigenvalue weighted by molar-refractivity contribution is 6.48. The van der Waals surface area contributed by atoms with Gasteiger partial charge in [0.1, 0.15) is 0 Å². The molecule has 41 heavy (non-hydrogen) atoms. The summed E-state index contributed by atoms with van der Waals surface area (Å²) in [6, 6.07) is 15.3. The van der Waals surface area contributed by atoms with Crippen molar-refractivity contribution in [3.8, 4) is 0 Å². The van der Waals surface area contributed by atoms with Crippen LogP contribution in [0.3, 0.4) is 0 Å². The van der Waals surface area contributed by atoms with Gasteiger partial charge in [0.15, 0.2) is 0 Å². The Kier molecular flexibility index (Phi) is 12.6. The highest BCUT2D eigenvalue weighted by Crippen LogP contribution is 2.45. The maximum atomic E-state index is 10.9. The molecule has 7 heteroatoms. The van der Waals surface area contributed by atoms with Gasteiger partial charge < -0.3 is 18.9 Å². The van der Waals surface area contributed by atoms with Crippen molar-refractivity contribution in [1.29, 1.82) is 0 Å². The van der Waals surface area contributed by atoms with Gasteiger partial charge >= 0.3 is 5.97 Å². The fraction of sp³-hybridized carbons (Fsp3) is 0.559. The van der Waals surface area contributed by atoms with Crippen LogP contribution in [-0.4, -0.2) is 36.2 Å². The van der Waals surface area contributed by atoms with Gasteiger partial charge in [-0.25, -0.2) is 0 Å². The number of nitrogens with zero attached hydrogens (tertiary/aromatic N) is 1. The van der Waals surface area contributed by atoms with Crippen molar-refractivity contribution < 1.29 is 18.8 Å². The molecule has 0 aliphatic rings. The van der Waals surface area contributed by atoms with Gasteiger partial charge in [-0.05, 0) is 90.3 Å². The van der Waals surface area contributed by atoms with Crippen LogP contribution in [0.5, 0.6) is 0 Å². The number of rotatable bonds is 13. The summed E-state index contributed by atoms with van der Waals surface area (Å²) < 4.78 is 13.4. The molecule has 226 valence electrons. The summed E-state index contributed by atoms with van der Waals surface area (Å²) in [5.74, 6) is -0.770. The van der Waals surface area contributed by atoms with Crippen molar-refractivity contribution in [3.63, 3.8) is 0 Å². The molecule has 0 amide bonds. The van der Waals surface area contributed by atoms with Crippen molar-refractivity contribution in [2.24, 2.45) is 10.8 Å². The molecule has 2 unspecified atom stereocenters. The Labute approximate surface area is 253 Å². The van der Waals surface area contributed by atoms with Gasteiger partial charge in [0.05, 0.1) is 12.2 Å². The lowest BCUT2D eigenvalue weighted by Crippen LogP contribution is -2.31. The average Bonchev–Trinajstić information content (AvgIpc) is 2.84. The first-order chi connectivity index (χ1) is 18.9. The van der Waals surface area contributed by atoms with Crippen LogP contribution >= 0.6 is 0 Å². The third-order valence-electron chi connectivity index (χ3n) is 6.97. The van der Waals surface area contributed by atoms with Gasteiger partial charge in [0.25, 0.3) is 0 Å². The Hall–Kier alpha value is -2.20. The van der Waals surface area contributed by atoms with Gasteiger partial charge in [-0.1, -0.05) is 78.0 Å². The van der Waals surface area contributed by atoms with E-state index in [1.54, 1.807) is 0 Å². The lowest BCUT2D eigenvalue weighted by molar-refractivity contribution is -0.136. The summed E-state index contributed by atoms with van der Waals surface area (Å²) in [4.78, 5) is 13.2. The fourth-order valence-corrected chi connectivity index (χ4v) is 6.86. The number of carboxylic acids is 1. The minimum atomic E-state index is -0.947. The second kappa shape index (κ2) is 14.8. The van der Waals surface area contributed by atoms with Crippen LogP contribution in [0.4, 0.5) is 5.69 Å². The molecule has 2 rings (SSSR count). The van der Waals surface area contributed by atoms with E-state index in [2.05, 4.69) is 122 Å². The van der Waals surface area contributed by atoms with Gasteiger partial charge in [-0.15, -0.1) is 0 Å². The van der Waals surface area contributed by atoms with E-state index >= 15 is 0 Å². The van der Waals surface area contributed by atoms with E-state index in [-0.39, 0.29) is 29.5 Å². The lowest BCUT2D eigenvalue weighted by atomic mass is 9.77. The zero-order chi connectivity index (χ0) is 31.1. The monoisotopic (exact) mass is 595 g/mol. The summed E-state index contributed by atoms with van der Waals surface area (Å²) in [6.07, 6.45) is 2.64. The molecule has 2 aromatic carbocycles. The molecule has 0 aromatic heterocycles. The van der Waals surface area contributed by atoms with Gasteiger partial charge in [0, 0.05) is 25.7 Å². The van der Waals surface area contributed by atoms with E-state index in [0.717, 1.165) is 23.4 Å². The Bertz CT molecular complexity index is 1180. The summed E-state index contributed by atoms with van der Waals surface area (Å²) >= 11 is 0. The SMILES string of the molecule is C/C(=C\CCC(=O)O)c1cccc(N(C)Cc2ccc(C(O[Si](C)C)C(C)(C)C)c(C(O[Si](C)C)C(C)(C)C)c2)c1. The molecule has 5 nitrogen and oxygen atoms in total. The van der Waals surface area contributed by atoms with Crippen LogP contribution in [0.15, 0.2) is 48.5 Å². The third kappa shape index (κ3) is 10.9. The predicted octanol–water partition coefficient (Wildman–Crippen LogP) is 9.30. The average molecular weight is 596 g/mol. The number of benzene rings is 2. The molecule has 0 bridgehead atoms. The Morgan fingerprint density at radius 1 is 0.902 bits per heavy atom. The summed E-state index contributed by atoms with van der Waals surface area (Å²) in [5, 5.41) is 8.97. The van der Waals surface area contributed by atoms with Crippen molar-refractivity contribution in [3.05, 3.63) is 70.8 Å². The molecule has 0 aliphatic heterocycles. The number of carbonyl (C=O) groups is 1. The van der Waals surface area contributed by atoms with Gasteiger partial charge in [-0.3, -0.25) is 4.79 Å². The minimum Gasteiger partial charge on any atom is -0.481 e. The molecular formula is C34H53NO4Si2. The maximum Gasteiger partial charge on any atom is 0.303 e. The van der Waals surface area contributed by atoms with E-state index < -0.39 is 24.0 Å². The van der Waals surface area contributed by atoms with Crippen LogP contribution in [0.25, 0.3) is 5.57 Å². The van der Waals surface area contributed by atoms with E-state index in [9.17, 15) is 4.79 Å². The predicted molar refractivity (Wildman–Crippen MR) is 177 cm³/mol. The number of anilines is 1. The Morgan fingerprint density at radius 2 is 1.46 bits per heavy atom. The van der Waals surface area contributed by atoms with Gasteiger partial charge in [0.2, 0.25) is 18.1 Å². The van der Waals surface area contributed by atoms with Crippen molar-refractivity contribution in [1.82, 2.24) is 0 Å². The molecule has 2 aromatic rings. The highest BCUT2D eigenvalue weighted by Gasteiger charge is 2.36. The molecule has 2 atom stereocenters. The first kappa shape index (κ1) is 35.0. The smallest absolute Gasteiger partial charge is 0.303 e. The van der Waals surface area contributed by atoms with Crippen molar-refractivity contribution in [2.75, 3.05) is 11.9 Å². The Balaban J connectivity index is 2.52. The fourth-order valence-electron chi connectivity index (χ4n) is 4.96. The van der Waals surface area contributed by atoms with E-state index in [0.29, 0.717) is 6.42 Å². The van der Waals surface area contributed by atoms with Crippen LogP contribution in [0.1, 0.15) is 95.8 Å². The van der Waals surface area contributed by atoms with Crippen LogP contribution in [0, 0.1) is 10.8 Å². The molecule has 1 N–H and O–H groups in total. The number of allylic oxidation sites excluding steroid dienone is 2. The van der Waals surface area contributed by atoms with E-state index in [4.69, 9.17) is 14.0 Å². The standard InChI is InChI=1S/C34H53NO4Si2/c1-24(15-13-18-30(36)37)26-16-14-17-27(22-26)35(8)23-25-19-20-28(31(33(2,3)4)38-40(9)10)29(21-25)32(34(5,6)7)39-41(11)12/h14-17,19-22,31-32H,13,18,23H2,1-12H3,(H,36,37)/b24-15+. The molecule has 0 fully saturated rings. The summed E-state index contributed by atoms with van der Waals surface area (Å²) in [5.41, 5.74) is 6.90. The summed E-state index contributed by atoms with van der Waals surface area (Å²) in [7, 11) is 0.251. The number of carboxylic acid groups (broad SMARTS) is 1. The minimum absolute atomic E-state index is 0.0152. The Morgan fingerprint density at radius 3 is 1.98 bits per heavy atom. The first-order valence-corrected chi connectivity index (χ1v) is 19.5.